The van der Waals surface area contributed by atoms with Gasteiger partial charge >= 0.3 is 0 Å². The lowest BCUT2D eigenvalue weighted by Gasteiger charge is -2.06. The van der Waals surface area contributed by atoms with Crippen LogP contribution in [0.1, 0.15) is 10.7 Å². The van der Waals surface area contributed by atoms with E-state index in [0.29, 0.717) is 0 Å². The second kappa shape index (κ2) is 5.64. The molecule has 0 fully saturated rings. The van der Waals surface area contributed by atoms with Gasteiger partial charge in [-0.15, -0.1) is 22.7 Å². The normalized spacial score (nSPS) is 11.0. The molecule has 0 spiro atoms. The van der Waals surface area contributed by atoms with E-state index in [4.69, 9.17) is 0 Å². The first-order chi connectivity index (χ1) is 11.2. The number of nitrogens with zero attached hydrogens (tertiary/aromatic N) is 5. The van der Waals surface area contributed by atoms with Gasteiger partial charge in [0.1, 0.15) is 11.8 Å². The largest absolute Gasteiger partial charge is 0.314 e. The van der Waals surface area contributed by atoms with E-state index in [-0.39, 0.29) is 0 Å². The number of nitrogens with one attached hydrogen (secondary N) is 1. The average molecular weight is 340 g/mol. The molecule has 0 aliphatic carbocycles. The van der Waals surface area contributed by atoms with Crippen LogP contribution < -0.4 is 5.32 Å². The SMILES string of the molecule is Cc1csc(Nc2ncc(-c3cncnc3)c3sc(C)nc23)n1. The lowest BCUT2D eigenvalue weighted by atomic mass is 10.1. The van der Waals surface area contributed by atoms with Crippen molar-refractivity contribution in [2.45, 2.75) is 13.8 Å². The molecule has 6 nitrogen and oxygen atoms in total. The van der Waals surface area contributed by atoms with Crippen molar-refractivity contribution >= 4 is 43.8 Å². The Hall–Kier alpha value is -2.45. The van der Waals surface area contributed by atoms with Gasteiger partial charge in [-0.25, -0.2) is 24.9 Å². The van der Waals surface area contributed by atoms with Crippen LogP contribution in [-0.2, 0) is 0 Å². The van der Waals surface area contributed by atoms with Crippen LogP contribution in [0.2, 0.25) is 0 Å². The first-order valence-corrected chi connectivity index (χ1v) is 8.61. The summed E-state index contributed by atoms with van der Waals surface area (Å²) >= 11 is 3.19. The van der Waals surface area contributed by atoms with Crippen molar-refractivity contribution < 1.29 is 0 Å². The summed E-state index contributed by atoms with van der Waals surface area (Å²) in [5, 5.41) is 7.08. The predicted molar refractivity (Wildman–Crippen MR) is 93.3 cm³/mol. The third kappa shape index (κ3) is 2.66. The van der Waals surface area contributed by atoms with Crippen LogP contribution in [0.25, 0.3) is 21.3 Å². The fourth-order valence-electron chi connectivity index (χ4n) is 2.27. The number of anilines is 2. The maximum Gasteiger partial charge on any atom is 0.188 e. The topological polar surface area (TPSA) is 76.5 Å². The molecule has 114 valence electrons. The minimum atomic E-state index is 0.722. The molecule has 8 heteroatoms. The van der Waals surface area contributed by atoms with Crippen LogP contribution in [0, 0.1) is 13.8 Å². The fourth-order valence-corrected chi connectivity index (χ4v) is 3.91. The quantitative estimate of drug-likeness (QED) is 0.608. The standard InChI is InChI=1S/C15H12N6S2/c1-8-6-22-15(19-8)21-14-12-13(23-9(2)20-12)11(5-18-14)10-3-16-7-17-4-10/h3-7H,1-2H3,(H,18,19,21). The van der Waals surface area contributed by atoms with E-state index < -0.39 is 0 Å². The molecule has 0 aliphatic heterocycles. The number of hydrogen-bond donors (Lipinski definition) is 1. The van der Waals surface area contributed by atoms with Crippen molar-refractivity contribution in [3.63, 3.8) is 0 Å². The van der Waals surface area contributed by atoms with Gasteiger partial charge in [0.15, 0.2) is 10.9 Å². The van der Waals surface area contributed by atoms with Gasteiger partial charge in [0.2, 0.25) is 0 Å². The molecule has 4 heterocycles. The smallest absolute Gasteiger partial charge is 0.188 e. The number of hydrogen-bond acceptors (Lipinski definition) is 8. The zero-order valence-electron chi connectivity index (χ0n) is 12.4. The van der Waals surface area contributed by atoms with Crippen molar-refractivity contribution in [2.75, 3.05) is 5.32 Å². The minimum Gasteiger partial charge on any atom is -0.314 e. The molecule has 23 heavy (non-hydrogen) atoms. The number of pyridine rings is 1. The molecule has 1 N–H and O–H groups in total. The molecule has 0 aromatic carbocycles. The van der Waals surface area contributed by atoms with Crippen molar-refractivity contribution in [3.05, 3.63) is 41.0 Å². The van der Waals surface area contributed by atoms with Gasteiger partial charge in [-0.3, -0.25) is 0 Å². The van der Waals surface area contributed by atoms with Gasteiger partial charge in [0.05, 0.1) is 15.4 Å². The summed E-state index contributed by atoms with van der Waals surface area (Å²) in [6.45, 7) is 3.96. The second-order valence-corrected chi connectivity index (χ2v) is 7.04. The molecule has 4 rings (SSSR count). The molecule has 0 aliphatic rings. The van der Waals surface area contributed by atoms with Gasteiger partial charge in [-0.2, -0.15) is 0 Å². The molecule has 0 atom stereocenters. The van der Waals surface area contributed by atoms with Gasteiger partial charge in [0, 0.05) is 35.1 Å². The van der Waals surface area contributed by atoms with Crippen molar-refractivity contribution in [1.29, 1.82) is 0 Å². The molecule has 0 amide bonds. The Kier molecular flexibility index (Phi) is 3.47. The number of rotatable bonds is 3. The van der Waals surface area contributed by atoms with E-state index in [9.17, 15) is 0 Å². The summed E-state index contributed by atoms with van der Waals surface area (Å²) in [5.74, 6) is 0.722. The molecular weight excluding hydrogens is 328 g/mol. The summed E-state index contributed by atoms with van der Waals surface area (Å²) < 4.78 is 1.07. The summed E-state index contributed by atoms with van der Waals surface area (Å²) in [6, 6.07) is 0. The minimum absolute atomic E-state index is 0.722. The predicted octanol–water partition coefficient (Wildman–Crippen LogP) is 3.97. The molecular formula is C15H12N6S2. The van der Waals surface area contributed by atoms with Crippen LogP contribution in [0.5, 0.6) is 0 Å². The first-order valence-electron chi connectivity index (χ1n) is 6.91. The van der Waals surface area contributed by atoms with Crippen LogP contribution >= 0.6 is 22.7 Å². The monoisotopic (exact) mass is 340 g/mol. The third-order valence-corrected chi connectivity index (χ3v) is 5.12. The zero-order valence-corrected chi connectivity index (χ0v) is 14.1. The highest BCUT2D eigenvalue weighted by atomic mass is 32.1. The van der Waals surface area contributed by atoms with Crippen molar-refractivity contribution in [3.8, 4) is 11.1 Å². The number of fused-ring (bicyclic) bond motifs is 1. The van der Waals surface area contributed by atoms with Crippen LogP contribution in [0.15, 0.2) is 30.3 Å². The van der Waals surface area contributed by atoms with Crippen LogP contribution in [0.3, 0.4) is 0 Å². The number of aromatic nitrogens is 5. The van der Waals surface area contributed by atoms with E-state index in [1.807, 2.05) is 25.4 Å². The van der Waals surface area contributed by atoms with Crippen LogP contribution in [-0.4, -0.2) is 24.9 Å². The Morgan fingerprint density at radius 2 is 1.87 bits per heavy atom. The molecule has 0 radical (unpaired) electrons. The Balaban J connectivity index is 1.85. The van der Waals surface area contributed by atoms with Crippen molar-refractivity contribution in [2.24, 2.45) is 0 Å². The number of aryl methyl sites for hydroxylation is 2. The van der Waals surface area contributed by atoms with Gasteiger partial charge in [-0.05, 0) is 13.8 Å². The van der Waals surface area contributed by atoms with E-state index in [2.05, 4.69) is 30.2 Å². The highest BCUT2D eigenvalue weighted by molar-refractivity contribution is 7.19. The molecule has 0 unspecified atom stereocenters. The summed E-state index contributed by atoms with van der Waals surface area (Å²) in [5.41, 5.74) is 3.76. The zero-order chi connectivity index (χ0) is 15.8. The van der Waals surface area contributed by atoms with Crippen molar-refractivity contribution in [1.82, 2.24) is 24.9 Å². The third-order valence-electron chi connectivity index (χ3n) is 3.24. The lowest BCUT2D eigenvalue weighted by molar-refractivity contribution is 1.17. The second-order valence-electron chi connectivity index (χ2n) is 4.98. The summed E-state index contributed by atoms with van der Waals surface area (Å²) in [6.07, 6.45) is 6.93. The molecule has 0 saturated carbocycles. The maximum absolute atomic E-state index is 4.63. The molecule has 4 aromatic rings. The fraction of sp³-hybridized carbons (Fsp3) is 0.133. The maximum atomic E-state index is 4.63. The molecule has 4 aromatic heterocycles. The Morgan fingerprint density at radius 1 is 1.04 bits per heavy atom. The molecule has 0 saturated heterocycles. The Morgan fingerprint density at radius 3 is 2.61 bits per heavy atom. The Bertz CT molecular complexity index is 976. The highest BCUT2D eigenvalue weighted by Gasteiger charge is 2.15. The number of thiazole rings is 2. The van der Waals surface area contributed by atoms with Gasteiger partial charge < -0.3 is 5.32 Å². The van der Waals surface area contributed by atoms with Crippen LogP contribution in [0.4, 0.5) is 10.9 Å². The van der Waals surface area contributed by atoms with E-state index in [1.165, 1.54) is 6.33 Å². The highest BCUT2D eigenvalue weighted by Crippen LogP contribution is 2.36. The summed E-state index contributed by atoms with van der Waals surface area (Å²) in [4.78, 5) is 21.8. The van der Waals surface area contributed by atoms with Gasteiger partial charge in [-0.1, -0.05) is 0 Å². The Labute approximate surface area is 140 Å². The first kappa shape index (κ1) is 14.2. The van der Waals surface area contributed by atoms with E-state index >= 15 is 0 Å². The average Bonchev–Trinajstić information content (AvgIpc) is 3.14. The summed E-state index contributed by atoms with van der Waals surface area (Å²) in [7, 11) is 0. The van der Waals surface area contributed by atoms with E-state index in [0.717, 1.165) is 43.0 Å². The molecule has 0 bridgehead atoms. The van der Waals surface area contributed by atoms with Gasteiger partial charge in [0.25, 0.3) is 0 Å². The van der Waals surface area contributed by atoms with E-state index in [1.54, 1.807) is 35.1 Å². The lowest BCUT2D eigenvalue weighted by Crippen LogP contribution is -1.95.